The number of benzene rings is 1. The smallest absolute Gasteiger partial charge is 0.340 e. The highest BCUT2D eigenvalue weighted by molar-refractivity contribution is 7.17. The lowest BCUT2D eigenvalue weighted by Gasteiger charge is -2.07. The number of carbonyl (C=O) groups is 2. The number of Topliss-reactive ketones (excluding diaryl/α,β-unsaturated/α-hetero) is 1. The van der Waals surface area contributed by atoms with Gasteiger partial charge in [0.1, 0.15) is 11.2 Å². The Morgan fingerprint density at radius 3 is 2.65 bits per heavy atom. The summed E-state index contributed by atoms with van der Waals surface area (Å²) in [6.07, 6.45) is 1.43. The van der Waals surface area contributed by atoms with E-state index < -0.39 is 5.97 Å². The van der Waals surface area contributed by atoms with Crippen LogP contribution < -0.4 is 4.74 Å². The van der Waals surface area contributed by atoms with Crippen molar-refractivity contribution in [3.05, 3.63) is 64.6 Å². The van der Waals surface area contributed by atoms with Crippen LogP contribution in [0.5, 0.6) is 5.88 Å². The van der Waals surface area contributed by atoms with Crippen LogP contribution in [0.1, 0.15) is 39.0 Å². The average Bonchev–Trinajstić information content (AvgIpc) is 3.34. The summed E-state index contributed by atoms with van der Waals surface area (Å²) >= 11 is 1.50. The Morgan fingerprint density at radius 1 is 1.13 bits per heavy atom. The molecule has 1 aromatic carbocycles. The molecule has 7 nitrogen and oxygen atoms in total. The zero-order valence-electron chi connectivity index (χ0n) is 17.4. The molecular weight excluding hydrogens is 414 g/mol. The van der Waals surface area contributed by atoms with E-state index in [2.05, 4.69) is 15.0 Å². The number of nitrogens with zero attached hydrogens (tertiary/aromatic N) is 2. The zero-order valence-corrected chi connectivity index (χ0v) is 18.2. The van der Waals surface area contributed by atoms with E-state index in [-0.39, 0.29) is 19.0 Å². The van der Waals surface area contributed by atoms with Crippen LogP contribution in [0.15, 0.2) is 42.0 Å². The van der Waals surface area contributed by atoms with Crippen LogP contribution >= 0.6 is 11.3 Å². The Labute approximate surface area is 183 Å². The number of hydrogen-bond acceptors (Lipinski definition) is 7. The minimum absolute atomic E-state index is 0.223. The number of hydrogen-bond donors (Lipinski definition) is 1. The molecule has 0 bridgehead atoms. The Kier molecular flexibility index (Phi) is 5.81. The molecule has 3 heterocycles. The lowest BCUT2D eigenvalue weighted by atomic mass is 10.1. The van der Waals surface area contributed by atoms with Crippen molar-refractivity contribution in [2.24, 2.45) is 0 Å². The third-order valence-electron chi connectivity index (χ3n) is 4.96. The number of fused-ring (bicyclic) bond motifs is 1. The normalized spacial score (nSPS) is 10.9. The third kappa shape index (κ3) is 3.94. The van der Waals surface area contributed by atoms with Crippen molar-refractivity contribution >= 4 is 33.3 Å². The predicted molar refractivity (Wildman–Crippen MR) is 119 cm³/mol. The summed E-state index contributed by atoms with van der Waals surface area (Å²) in [5.74, 6) is -0.374. The third-order valence-corrected chi connectivity index (χ3v) is 5.84. The molecule has 1 N–H and O–H groups in total. The number of ether oxygens (including phenoxy) is 2. The molecule has 0 aliphatic rings. The number of carbonyl (C=O) groups excluding carboxylic acids is 2. The summed E-state index contributed by atoms with van der Waals surface area (Å²) in [6.45, 7) is 5.25. The molecule has 4 aromatic rings. The number of ketones is 1. The molecule has 0 unspecified atom stereocenters. The molecular formula is C23H21N3O4S. The first-order chi connectivity index (χ1) is 15.0. The molecule has 4 rings (SSSR count). The number of esters is 1. The summed E-state index contributed by atoms with van der Waals surface area (Å²) in [6, 6.07) is 9.89. The van der Waals surface area contributed by atoms with Crippen LogP contribution in [0.3, 0.4) is 0 Å². The fraction of sp³-hybridized carbons (Fsp3) is 0.217. The van der Waals surface area contributed by atoms with Gasteiger partial charge in [-0.3, -0.25) is 4.79 Å². The maximum atomic E-state index is 12.9. The van der Waals surface area contributed by atoms with Crippen LogP contribution in [-0.2, 0) is 4.74 Å². The van der Waals surface area contributed by atoms with E-state index in [4.69, 9.17) is 9.47 Å². The van der Waals surface area contributed by atoms with E-state index in [1.807, 2.05) is 35.7 Å². The van der Waals surface area contributed by atoms with Gasteiger partial charge in [0.2, 0.25) is 11.7 Å². The SMILES string of the molecule is CCOC(=O)c1c(C)[nH]c(C(=O)COc2ncnc3scc(-c4ccccc4)c23)c1C. The molecule has 31 heavy (non-hydrogen) atoms. The van der Waals surface area contributed by atoms with Crippen molar-refractivity contribution < 1.29 is 19.1 Å². The van der Waals surface area contributed by atoms with Crippen LogP contribution in [0.4, 0.5) is 0 Å². The number of rotatable bonds is 7. The quantitative estimate of drug-likeness (QED) is 0.333. The maximum Gasteiger partial charge on any atom is 0.340 e. The molecule has 0 atom stereocenters. The summed E-state index contributed by atoms with van der Waals surface area (Å²) in [4.78, 5) is 37.4. The maximum absolute atomic E-state index is 12.9. The molecule has 0 radical (unpaired) electrons. The zero-order chi connectivity index (χ0) is 22.0. The first-order valence-electron chi connectivity index (χ1n) is 9.81. The summed E-state index contributed by atoms with van der Waals surface area (Å²) in [5, 5.41) is 2.78. The second-order valence-electron chi connectivity index (χ2n) is 6.93. The van der Waals surface area contributed by atoms with Crippen LogP contribution in [0, 0.1) is 13.8 Å². The molecule has 0 amide bonds. The average molecular weight is 436 g/mol. The van der Waals surface area contributed by atoms with Gasteiger partial charge < -0.3 is 14.5 Å². The molecule has 0 aliphatic carbocycles. The van der Waals surface area contributed by atoms with E-state index >= 15 is 0 Å². The number of aromatic nitrogens is 3. The van der Waals surface area contributed by atoms with Crippen molar-refractivity contribution in [2.75, 3.05) is 13.2 Å². The highest BCUT2D eigenvalue weighted by Gasteiger charge is 2.23. The minimum Gasteiger partial charge on any atom is -0.469 e. The topological polar surface area (TPSA) is 94.2 Å². The first kappa shape index (κ1) is 20.7. The largest absolute Gasteiger partial charge is 0.469 e. The fourth-order valence-electron chi connectivity index (χ4n) is 3.53. The molecule has 0 saturated heterocycles. The Morgan fingerprint density at radius 2 is 1.90 bits per heavy atom. The fourth-order valence-corrected chi connectivity index (χ4v) is 4.44. The van der Waals surface area contributed by atoms with Gasteiger partial charge in [-0.1, -0.05) is 30.3 Å². The summed E-state index contributed by atoms with van der Waals surface area (Å²) < 4.78 is 10.9. The molecule has 8 heteroatoms. The molecule has 0 spiro atoms. The van der Waals surface area contributed by atoms with Gasteiger partial charge in [0.05, 0.1) is 23.3 Å². The number of nitrogens with one attached hydrogen (secondary N) is 1. The second kappa shape index (κ2) is 8.69. The van der Waals surface area contributed by atoms with Crippen LogP contribution in [0.25, 0.3) is 21.3 Å². The van der Waals surface area contributed by atoms with Gasteiger partial charge >= 0.3 is 5.97 Å². The lowest BCUT2D eigenvalue weighted by molar-refractivity contribution is 0.0525. The van der Waals surface area contributed by atoms with Gasteiger partial charge in [-0.2, -0.15) is 0 Å². The Hall–Kier alpha value is -3.52. The number of aromatic amines is 1. The lowest BCUT2D eigenvalue weighted by Crippen LogP contribution is -2.14. The highest BCUT2D eigenvalue weighted by Crippen LogP contribution is 2.37. The molecule has 158 valence electrons. The predicted octanol–water partition coefficient (Wildman–Crippen LogP) is 4.74. The van der Waals surface area contributed by atoms with E-state index in [0.717, 1.165) is 21.3 Å². The van der Waals surface area contributed by atoms with Gasteiger partial charge in [-0.25, -0.2) is 14.8 Å². The van der Waals surface area contributed by atoms with Gasteiger partial charge in [-0.15, -0.1) is 11.3 Å². The van der Waals surface area contributed by atoms with Gasteiger partial charge in [0.25, 0.3) is 0 Å². The molecule has 0 fully saturated rings. The van der Waals surface area contributed by atoms with Crippen molar-refractivity contribution in [3.63, 3.8) is 0 Å². The number of thiophene rings is 1. The molecule has 0 saturated carbocycles. The minimum atomic E-state index is -0.447. The van der Waals surface area contributed by atoms with E-state index in [0.29, 0.717) is 28.4 Å². The highest BCUT2D eigenvalue weighted by atomic mass is 32.1. The van der Waals surface area contributed by atoms with Crippen molar-refractivity contribution in [2.45, 2.75) is 20.8 Å². The van der Waals surface area contributed by atoms with E-state index in [1.165, 1.54) is 17.7 Å². The van der Waals surface area contributed by atoms with Crippen molar-refractivity contribution in [3.8, 4) is 17.0 Å². The van der Waals surface area contributed by atoms with Gasteiger partial charge in [-0.05, 0) is 31.9 Å². The van der Waals surface area contributed by atoms with Gasteiger partial charge in [0.15, 0.2) is 6.61 Å². The van der Waals surface area contributed by atoms with E-state index in [9.17, 15) is 9.59 Å². The van der Waals surface area contributed by atoms with Gasteiger partial charge in [0, 0.05) is 16.6 Å². The van der Waals surface area contributed by atoms with Crippen molar-refractivity contribution in [1.82, 2.24) is 15.0 Å². The Bertz CT molecular complexity index is 1260. The second-order valence-corrected chi connectivity index (χ2v) is 7.79. The number of H-pyrrole nitrogens is 1. The molecule has 0 aliphatic heterocycles. The van der Waals surface area contributed by atoms with Crippen LogP contribution in [-0.4, -0.2) is 39.9 Å². The number of aryl methyl sites for hydroxylation is 1. The Balaban J connectivity index is 1.61. The standard InChI is InChI=1S/C23H21N3O4S/c1-4-29-23(28)18-13(2)20(26-14(18)3)17(27)10-30-21-19-16(15-8-6-5-7-9-15)11-31-22(19)25-12-24-21/h5-9,11-12,26H,4,10H2,1-3H3. The first-order valence-corrected chi connectivity index (χ1v) is 10.7. The molecule has 3 aromatic heterocycles. The van der Waals surface area contributed by atoms with Crippen LogP contribution in [0.2, 0.25) is 0 Å². The summed E-state index contributed by atoms with van der Waals surface area (Å²) in [5.41, 5.74) is 3.85. The summed E-state index contributed by atoms with van der Waals surface area (Å²) in [7, 11) is 0. The van der Waals surface area contributed by atoms with Crippen molar-refractivity contribution in [1.29, 1.82) is 0 Å². The monoisotopic (exact) mass is 435 g/mol. The van der Waals surface area contributed by atoms with E-state index in [1.54, 1.807) is 20.8 Å².